The van der Waals surface area contributed by atoms with Gasteiger partial charge in [0.25, 0.3) is 5.56 Å². The lowest BCUT2D eigenvalue weighted by molar-refractivity contribution is 0.360. The Morgan fingerprint density at radius 3 is 2.83 bits per heavy atom. The van der Waals surface area contributed by atoms with Crippen LogP contribution in [0.25, 0.3) is 0 Å². The number of rotatable bonds is 3. The van der Waals surface area contributed by atoms with Crippen LogP contribution in [0.2, 0.25) is 0 Å². The molecule has 0 saturated heterocycles. The van der Waals surface area contributed by atoms with Crippen LogP contribution in [0.15, 0.2) is 21.9 Å². The minimum Gasteiger partial charge on any atom is -0.492 e. The van der Waals surface area contributed by atoms with E-state index >= 15 is 0 Å². The van der Waals surface area contributed by atoms with Gasteiger partial charge in [-0.25, -0.2) is 4.79 Å². The normalized spacial score (nSPS) is 10.8. The minimum absolute atomic E-state index is 0.0232. The van der Waals surface area contributed by atoms with Crippen LogP contribution in [-0.4, -0.2) is 24.4 Å². The van der Waals surface area contributed by atoms with Crippen LogP contribution >= 0.6 is 0 Å². The Hall–Kier alpha value is -2.38. The second-order valence-corrected chi connectivity index (χ2v) is 3.78. The maximum absolute atomic E-state index is 13.1. The van der Waals surface area contributed by atoms with Crippen molar-refractivity contribution in [3.63, 3.8) is 0 Å². The third kappa shape index (κ3) is 2.17. The van der Waals surface area contributed by atoms with Gasteiger partial charge >= 0.3 is 5.69 Å². The molecule has 0 bridgehead atoms. The molecule has 8 heteroatoms. The van der Waals surface area contributed by atoms with Crippen molar-refractivity contribution in [1.82, 2.24) is 19.3 Å². The van der Waals surface area contributed by atoms with E-state index in [9.17, 15) is 19.1 Å². The zero-order chi connectivity index (χ0) is 13.3. The van der Waals surface area contributed by atoms with Gasteiger partial charge < -0.3 is 5.11 Å². The van der Waals surface area contributed by atoms with Gasteiger partial charge in [0.15, 0.2) is 0 Å². The Labute approximate surface area is 100 Å². The lowest BCUT2D eigenvalue weighted by Crippen LogP contribution is -2.32. The molecule has 18 heavy (non-hydrogen) atoms. The SMILES string of the molecule is Cn1ccc(CCn2c(O)c(F)c(=O)[nH]c2=O)n1. The third-order valence-electron chi connectivity index (χ3n) is 2.48. The van der Waals surface area contributed by atoms with Crippen molar-refractivity contribution in [2.75, 3.05) is 0 Å². The Morgan fingerprint density at radius 2 is 2.22 bits per heavy atom. The monoisotopic (exact) mass is 254 g/mol. The van der Waals surface area contributed by atoms with Gasteiger partial charge in [-0.3, -0.25) is 19.0 Å². The summed E-state index contributed by atoms with van der Waals surface area (Å²) in [6, 6.07) is 1.74. The predicted octanol–water partition coefficient (Wildman–Crippen LogP) is -0.643. The van der Waals surface area contributed by atoms with Crippen molar-refractivity contribution in [3.8, 4) is 5.88 Å². The number of aromatic nitrogens is 4. The van der Waals surface area contributed by atoms with Crippen molar-refractivity contribution in [3.05, 3.63) is 44.6 Å². The molecule has 0 saturated carbocycles. The van der Waals surface area contributed by atoms with Crippen molar-refractivity contribution in [2.24, 2.45) is 7.05 Å². The molecule has 2 aromatic rings. The van der Waals surface area contributed by atoms with Crippen molar-refractivity contribution in [2.45, 2.75) is 13.0 Å². The van der Waals surface area contributed by atoms with Gasteiger partial charge in [-0.05, 0) is 6.07 Å². The number of hydrogen-bond acceptors (Lipinski definition) is 4. The summed E-state index contributed by atoms with van der Waals surface area (Å²) in [4.78, 5) is 24.0. The Morgan fingerprint density at radius 1 is 1.50 bits per heavy atom. The van der Waals surface area contributed by atoms with Gasteiger partial charge in [-0.1, -0.05) is 0 Å². The average molecular weight is 254 g/mol. The van der Waals surface area contributed by atoms with Crippen molar-refractivity contribution >= 4 is 0 Å². The summed E-state index contributed by atoms with van der Waals surface area (Å²) in [6.45, 7) is 0.0232. The molecule has 0 aromatic carbocycles. The summed E-state index contributed by atoms with van der Waals surface area (Å²) in [6.07, 6.45) is 2.06. The summed E-state index contributed by atoms with van der Waals surface area (Å²) in [7, 11) is 1.74. The zero-order valence-corrected chi connectivity index (χ0v) is 9.55. The molecule has 0 aliphatic rings. The second kappa shape index (κ2) is 4.47. The van der Waals surface area contributed by atoms with Gasteiger partial charge in [-0.15, -0.1) is 0 Å². The largest absolute Gasteiger partial charge is 0.492 e. The standard InChI is InChI=1S/C10H11FN4O3/c1-14-4-2-6(13-14)3-5-15-9(17)7(11)8(16)12-10(15)18/h2,4,17H,3,5H2,1H3,(H,12,16,18). The number of nitrogens with one attached hydrogen (secondary N) is 1. The topological polar surface area (TPSA) is 92.9 Å². The van der Waals surface area contributed by atoms with E-state index in [2.05, 4.69) is 5.10 Å². The fourth-order valence-electron chi connectivity index (χ4n) is 1.57. The highest BCUT2D eigenvalue weighted by atomic mass is 19.1. The van der Waals surface area contributed by atoms with Crippen LogP contribution < -0.4 is 11.2 Å². The smallest absolute Gasteiger partial charge is 0.331 e. The number of aryl methyl sites for hydroxylation is 2. The van der Waals surface area contributed by atoms with Crippen LogP contribution in [0.4, 0.5) is 4.39 Å². The van der Waals surface area contributed by atoms with Crippen LogP contribution in [0.3, 0.4) is 0 Å². The molecule has 2 rings (SSSR count). The Balaban J connectivity index is 2.27. The molecule has 0 amide bonds. The number of halogens is 1. The summed E-state index contributed by atoms with van der Waals surface area (Å²) in [5.41, 5.74) is -1.39. The lowest BCUT2D eigenvalue weighted by atomic mass is 10.3. The van der Waals surface area contributed by atoms with Gasteiger partial charge in [0.2, 0.25) is 11.7 Å². The molecule has 0 radical (unpaired) electrons. The summed E-state index contributed by atoms with van der Waals surface area (Å²) < 4.78 is 15.5. The molecular weight excluding hydrogens is 243 g/mol. The first kappa shape index (κ1) is 12.1. The molecule has 7 nitrogen and oxygen atoms in total. The molecule has 0 fully saturated rings. The molecule has 2 heterocycles. The van der Waals surface area contributed by atoms with Crippen LogP contribution in [-0.2, 0) is 20.0 Å². The fourth-order valence-corrected chi connectivity index (χ4v) is 1.57. The molecule has 0 atom stereocenters. The highest BCUT2D eigenvalue weighted by Gasteiger charge is 2.13. The predicted molar refractivity (Wildman–Crippen MR) is 59.9 cm³/mol. The third-order valence-corrected chi connectivity index (χ3v) is 2.48. The molecule has 2 aromatic heterocycles. The molecule has 0 spiro atoms. The van der Waals surface area contributed by atoms with E-state index in [4.69, 9.17) is 0 Å². The lowest BCUT2D eigenvalue weighted by Gasteiger charge is -2.06. The minimum atomic E-state index is -1.37. The summed E-state index contributed by atoms with van der Waals surface area (Å²) in [5.74, 6) is -2.32. The number of hydrogen-bond donors (Lipinski definition) is 2. The van der Waals surface area contributed by atoms with Crippen LogP contribution in [0, 0.1) is 5.82 Å². The van der Waals surface area contributed by atoms with Crippen LogP contribution in [0.1, 0.15) is 5.69 Å². The van der Waals surface area contributed by atoms with E-state index in [1.807, 2.05) is 0 Å². The number of H-pyrrole nitrogens is 1. The van der Waals surface area contributed by atoms with Gasteiger partial charge in [0, 0.05) is 26.2 Å². The molecular formula is C10H11FN4O3. The first-order chi connectivity index (χ1) is 8.49. The number of aromatic amines is 1. The summed E-state index contributed by atoms with van der Waals surface area (Å²) >= 11 is 0. The van der Waals surface area contributed by atoms with E-state index in [1.54, 1.807) is 29.0 Å². The Bertz CT molecular complexity index is 685. The second-order valence-electron chi connectivity index (χ2n) is 3.78. The van der Waals surface area contributed by atoms with E-state index in [0.29, 0.717) is 12.1 Å². The molecule has 0 aliphatic carbocycles. The maximum Gasteiger partial charge on any atom is 0.331 e. The number of nitrogens with zero attached hydrogens (tertiary/aromatic N) is 3. The highest BCUT2D eigenvalue weighted by molar-refractivity contribution is 5.10. The molecule has 0 aliphatic heterocycles. The van der Waals surface area contributed by atoms with E-state index in [0.717, 1.165) is 4.57 Å². The van der Waals surface area contributed by atoms with E-state index < -0.39 is 22.9 Å². The van der Waals surface area contributed by atoms with E-state index in [-0.39, 0.29) is 6.54 Å². The summed E-state index contributed by atoms with van der Waals surface area (Å²) in [5, 5.41) is 13.5. The number of aromatic hydroxyl groups is 1. The first-order valence-electron chi connectivity index (χ1n) is 5.19. The first-order valence-corrected chi connectivity index (χ1v) is 5.19. The molecule has 2 N–H and O–H groups in total. The zero-order valence-electron chi connectivity index (χ0n) is 9.55. The molecule has 96 valence electrons. The van der Waals surface area contributed by atoms with Gasteiger partial charge in [-0.2, -0.15) is 9.49 Å². The van der Waals surface area contributed by atoms with E-state index in [1.165, 1.54) is 0 Å². The van der Waals surface area contributed by atoms with Crippen molar-refractivity contribution < 1.29 is 9.50 Å². The highest BCUT2D eigenvalue weighted by Crippen LogP contribution is 2.08. The average Bonchev–Trinajstić information content (AvgIpc) is 2.72. The fraction of sp³-hybridized carbons (Fsp3) is 0.300. The van der Waals surface area contributed by atoms with Gasteiger partial charge in [0.1, 0.15) is 0 Å². The maximum atomic E-state index is 13.1. The van der Waals surface area contributed by atoms with Crippen molar-refractivity contribution in [1.29, 1.82) is 0 Å². The quantitative estimate of drug-likeness (QED) is 0.761. The Kier molecular flexibility index (Phi) is 3.00. The van der Waals surface area contributed by atoms with Gasteiger partial charge in [0.05, 0.1) is 5.69 Å². The van der Waals surface area contributed by atoms with Crippen LogP contribution in [0.5, 0.6) is 5.88 Å². The molecule has 0 unspecified atom stereocenters.